The third-order valence-corrected chi connectivity index (χ3v) is 2.57. The quantitative estimate of drug-likeness (QED) is 0.715. The zero-order valence-corrected chi connectivity index (χ0v) is 6.76. The Labute approximate surface area is 70.8 Å². The topological polar surface area (TPSA) is 20.2 Å². The Morgan fingerprint density at radius 1 is 1.42 bits per heavy atom. The van der Waals surface area contributed by atoms with E-state index in [4.69, 9.17) is 0 Å². The average Bonchev–Trinajstić information content (AvgIpc) is 2.84. The summed E-state index contributed by atoms with van der Waals surface area (Å²) < 4.78 is 12.6. The van der Waals surface area contributed by atoms with Gasteiger partial charge in [0.05, 0.1) is 6.67 Å². The fourth-order valence-electron chi connectivity index (χ4n) is 1.49. The normalized spacial score (nSPS) is 19.1. The van der Waals surface area contributed by atoms with Gasteiger partial charge in [0.25, 0.3) is 0 Å². The first kappa shape index (κ1) is 7.59. The van der Waals surface area contributed by atoms with Crippen molar-refractivity contribution in [3.05, 3.63) is 29.8 Å². The van der Waals surface area contributed by atoms with Crippen molar-refractivity contribution < 1.29 is 9.50 Å². The summed E-state index contributed by atoms with van der Waals surface area (Å²) in [5, 5.41) is 9.18. The van der Waals surface area contributed by atoms with Crippen molar-refractivity contribution in [2.24, 2.45) is 0 Å². The number of alkyl halides is 1. The first-order chi connectivity index (χ1) is 5.77. The summed E-state index contributed by atoms with van der Waals surface area (Å²) in [6.45, 7) is -0.309. The number of hydrogen-bond acceptors (Lipinski definition) is 1. The van der Waals surface area contributed by atoms with Gasteiger partial charge >= 0.3 is 0 Å². The number of phenols is 1. The Morgan fingerprint density at radius 2 is 2.17 bits per heavy atom. The molecule has 0 amide bonds. The maximum absolute atomic E-state index is 12.6. The lowest BCUT2D eigenvalue weighted by atomic mass is 9.97. The molecule has 1 nitrogen and oxygen atoms in total. The van der Waals surface area contributed by atoms with Crippen LogP contribution in [0.3, 0.4) is 0 Å². The van der Waals surface area contributed by atoms with Crippen LogP contribution < -0.4 is 0 Å². The molecule has 0 saturated heterocycles. The predicted molar refractivity (Wildman–Crippen MR) is 45.0 cm³/mol. The van der Waals surface area contributed by atoms with Gasteiger partial charge < -0.3 is 5.11 Å². The van der Waals surface area contributed by atoms with Crippen molar-refractivity contribution in [2.45, 2.75) is 18.3 Å². The lowest BCUT2D eigenvalue weighted by molar-refractivity contribution is 0.415. The molecule has 1 saturated carbocycles. The summed E-state index contributed by atoms with van der Waals surface area (Å²) in [7, 11) is 0. The van der Waals surface area contributed by atoms with Crippen LogP contribution in [0, 0.1) is 0 Å². The molecule has 2 heteroatoms. The predicted octanol–water partition coefficient (Wildman–Crippen LogP) is 2.39. The van der Waals surface area contributed by atoms with E-state index < -0.39 is 0 Å². The molecule has 1 aromatic carbocycles. The Hall–Kier alpha value is -1.05. The van der Waals surface area contributed by atoms with E-state index in [2.05, 4.69) is 0 Å². The van der Waals surface area contributed by atoms with E-state index in [0.717, 1.165) is 18.4 Å². The van der Waals surface area contributed by atoms with Gasteiger partial charge in [0.1, 0.15) is 5.75 Å². The van der Waals surface area contributed by atoms with Gasteiger partial charge in [-0.25, -0.2) is 0 Å². The van der Waals surface area contributed by atoms with Crippen LogP contribution in [0.4, 0.5) is 4.39 Å². The highest BCUT2D eigenvalue weighted by atomic mass is 19.1. The molecule has 1 N–H and O–H groups in total. The summed E-state index contributed by atoms with van der Waals surface area (Å²) in [6.07, 6.45) is 1.82. The standard InChI is InChI=1S/C10H11FO/c11-7-10(4-5-10)8-2-1-3-9(12)6-8/h1-3,6,12H,4-5,7H2. The van der Waals surface area contributed by atoms with Gasteiger partial charge in [0.2, 0.25) is 0 Å². The molecule has 0 aliphatic heterocycles. The smallest absolute Gasteiger partial charge is 0.115 e. The molecule has 64 valence electrons. The van der Waals surface area contributed by atoms with E-state index in [1.54, 1.807) is 18.2 Å². The van der Waals surface area contributed by atoms with Gasteiger partial charge in [-0.05, 0) is 30.5 Å². The molecule has 0 atom stereocenters. The average molecular weight is 166 g/mol. The Balaban J connectivity index is 2.34. The van der Waals surface area contributed by atoms with Crippen LogP contribution in [0.25, 0.3) is 0 Å². The highest BCUT2D eigenvalue weighted by molar-refractivity contribution is 5.36. The van der Waals surface area contributed by atoms with E-state index in [-0.39, 0.29) is 17.8 Å². The monoisotopic (exact) mass is 166 g/mol. The van der Waals surface area contributed by atoms with Crippen LogP contribution in [-0.2, 0) is 5.41 Å². The van der Waals surface area contributed by atoms with Crippen LogP contribution in [-0.4, -0.2) is 11.8 Å². The Kier molecular flexibility index (Phi) is 1.56. The maximum atomic E-state index is 12.6. The summed E-state index contributed by atoms with van der Waals surface area (Å²) >= 11 is 0. The minimum Gasteiger partial charge on any atom is -0.508 e. The number of aromatic hydroxyl groups is 1. The van der Waals surface area contributed by atoms with Crippen LogP contribution in [0.2, 0.25) is 0 Å². The van der Waals surface area contributed by atoms with Gasteiger partial charge in [0, 0.05) is 5.41 Å². The molecular formula is C10H11FO. The highest BCUT2D eigenvalue weighted by Gasteiger charge is 2.44. The minimum atomic E-state index is -0.309. The third-order valence-electron chi connectivity index (χ3n) is 2.57. The molecule has 0 heterocycles. The van der Waals surface area contributed by atoms with Gasteiger partial charge in [0.15, 0.2) is 0 Å². The first-order valence-electron chi connectivity index (χ1n) is 4.12. The molecule has 1 aliphatic carbocycles. The van der Waals surface area contributed by atoms with Crippen LogP contribution in [0.1, 0.15) is 18.4 Å². The zero-order valence-electron chi connectivity index (χ0n) is 6.76. The van der Waals surface area contributed by atoms with E-state index in [0.29, 0.717) is 0 Å². The molecule has 0 aromatic heterocycles. The van der Waals surface area contributed by atoms with E-state index in [1.807, 2.05) is 6.07 Å². The molecule has 0 bridgehead atoms. The van der Waals surface area contributed by atoms with Gasteiger partial charge in [-0.15, -0.1) is 0 Å². The summed E-state index contributed by atoms with van der Waals surface area (Å²) in [5.74, 6) is 0.229. The van der Waals surface area contributed by atoms with Crippen molar-refractivity contribution in [2.75, 3.05) is 6.67 Å². The van der Waals surface area contributed by atoms with Crippen molar-refractivity contribution in [1.82, 2.24) is 0 Å². The summed E-state index contributed by atoms with van der Waals surface area (Å²) in [4.78, 5) is 0. The second-order valence-corrected chi connectivity index (χ2v) is 3.46. The van der Waals surface area contributed by atoms with Crippen molar-refractivity contribution in [3.8, 4) is 5.75 Å². The van der Waals surface area contributed by atoms with Gasteiger partial charge in [-0.1, -0.05) is 12.1 Å². The Bertz CT molecular complexity index is 292. The number of hydrogen-bond donors (Lipinski definition) is 1. The molecular weight excluding hydrogens is 155 g/mol. The molecule has 0 unspecified atom stereocenters. The van der Waals surface area contributed by atoms with Crippen molar-refractivity contribution in [3.63, 3.8) is 0 Å². The molecule has 0 radical (unpaired) electrons. The molecule has 0 spiro atoms. The van der Waals surface area contributed by atoms with Crippen LogP contribution >= 0.6 is 0 Å². The number of benzene rings is 1. The molecule has 12 heavy (non-hydrogen) atoms. The lowest BCUT2D eigenvalue weighted by Crippen LogP contribution is -2.07. The van der Waals surface area contributed by atoms with Crippen LogP contribution in [0.15, 0.2) is 24.3 Å². The van der Waals surface area contributed by atoms with Crippen LogP contribution in [0.5, 0.6) is 5.75 Å². The van der Waals surface area contributed by atoms with Gasteiger partial charge in [-0.3, -0.25) is 4.39 Å². The molecule has 1 aliphatic rings. The molecule has 2 rings (SSSR count). The fraction of sp³-hybridized carbons (Fsp3) is 0.400. The third kappa shape index (κ3) is 1.07. The SMILES string of the molecule is Oc1cccc(C2(CF)CC2)c1. The van der Waals surface area contributed by atoms with E-state index in [1.165, 1.54) is 0 Å². The molecule has 1 fully saturated rings. The fourth-order valence-corrected chi connectivity index (χ4v) is 1.49. The summed E-state index contributed by atoms with van der Waals surface area (Å²) in [5.41, 5.74) is 0.684. The summed E-state index contributed by atoms with van der Waals surface area (Å²) in [6, 6.07) is 6.91. The van der Waals surface area contributed by atoms with Crippen molar-refractivity contribution >= 4 is 0 Å². The second-order valence-electron chi connectivity index (χ2n) is 3.46. The first-order valence-corrected chi connectivity index (χ1v) is 4.12. The molecule has 1 aromatic rings. The van der Waals surface area contributed by atoms with E-state index in [9.17, 15) is 9.50 Å². The number of rotatable bonds is 2. The number of halogens is 1. The van der Waals surface area contributed by atoms with Gasteiger partial charge in [-0.2, -0.15) is 0 Å². The van der Waals surface area contributed by atoms with E-state index >= 15 is 0 Å². The highest BCUT2D eigenvalue weighted by Crippen LogP contribution is 2.48. The largest absolute Gasteiger partial charge is 0.508 e. The maximum Gasteiger partial charge on any atom is 0.115 e. The zero-order chi connectivity index (χ0) is 8.60. The second kappa shape index (κ2) is 2.47. The van der Waals surface area contributed by atoms with Crippen molar-refractivity contribution in [1.29, 1.82) is 0 Å². The minimum absolute atomic E-state index is 0.229. The Morgan fingerprint density at radius 3 is 2.67 bits per heavy atom. The lowest BCUT2D eigenvalue weighted by Gasteiger charge is -2.10. The number of phenolic OH excluding ortho intramolecular Hbond substituents is 1.